The molecule has 4 aromatic rings. The maximum absolute atomic E-state index is 15.0. The summed E-state index contributed by atoms with van der Waals surface area (Å²) in [5.74, 6) is -0.972. The number of benzene rings is 1. The van der Waals surface area contributed by atoms with E-state index in [0.29, 0.717) is 35.7 Å². The molecule has 242 valence electrons. The van der Waals surface area contributed by atoms with Crippen LogP contribution in [-0.2, 0) is 9.59 Å². The number of nitrogens with zero attached hydrogens (tertiary/aromatic N) is 6. The molecular weight excluding hydrogens is 609 g/mol. The van der Waals surface area contributed by atoms with Crippen molar-refractivity contribution in [3.63, 3.8) is 0 Å². The fraction of sp³-hybridized carbons (Fsp3) is 0.353. The minimum Gasteiger partial charge on any atom is -0.349 e. The lowest BCUT2D eigenvalue weighted by Crippen LogP contribution is -2.58. The molecule has 3 aromatic heterocycles. The maximum atomic E-state index is 15.0. The minimum absolute atomic E-state index is 0. The molecule has 0 saturated carbocycles. The first-order valence-electron chi connectivity index (χ1n) is 14.7. The molecule has 4 heterocycles. The van der Waals surface area contributed by atoms with Crippen LogP contribution < -0.4 is 15.9 Å². The predicted molar refractivity (Wildman–Crippen MR) is 181 cm³/mol. The number of aromatic nitrogens is 4. The van der Waals surface area contributed by atoms with Crippen molar-refractivity contribution in [1.82, 2.24) is 24.4 Å². The van der Waals surface area contributed by atoms with Crippen LogP contribution in [0.5, 0.6) is 0 Å². The molecule has 1 N–H and O–H groups in total. The van der Waals surface area contributed by atoms with Crippen molar-refractivity contribution in [2.24, 2.45) is 0 Å². The Hall–Kier alpha value is -4.64. The average Bonchev–Trinajstić information content (AvgIpc) is 2.98. The Bertz CT molecular complexity index is 1910. The zero-order chi connectivity index (χ0) is 32.7. The van der Waals surface area contributed by atoms with Crippen LogP contribution in [0, 0.1) is 12.7 Å². The second-order valence-corrected chi connectivity index (χ2v) is 12.1. The number of pyridine rings is 2. The van der Waals surface area contributed by atoms with Crippen molar-refractivity contribution in [3.8, 4) is 16.9 Å². The number of fused-ring (bicyclic) bond motifs is 1. The first-order chi connectivity index (χ1) is 21.3. The highest BCUT2D eigenvalue weighted by Crippen LogP contribution is 2.38. The zero-order valence-corrected chi connectivity index (χ0v) is 26.8. The standard InChI is InChI=1S/C33H35ClFN7O3.CH4/c1-8-26(44)40-15-20(6)41(16-19(40)5)31-23-14-24(34)28(22-10-9-11-25(35)29(22)37-21(7)43)38-32(23)42(33(45)39-31)30-18(4)12-13-36-27(30)17(2)3;/h8-14,17,19-20H,1,15-16H2,2-7H3,(H,37,43);1H4/t19-,20+;/m1./s1. The summed E-state index contributed by atoms with van der Waals surface area (Å²) in [6, 6.07) is 7.40. The van der Waals surface area contributed by atoms with Gasteiger partial charge in [0.25, 0.3) is 0 Å². The zero-order valence-electron chi connectivity index (χ0n) is 26.1. The van der Waals surface area contributed by atoms with Gasteiger partial charge in [-0.3, -0.25) is 14.6 Å². The first kappa shape index (κ1) is 34.2. The van der Waals surface area contributed by atoms with Crippen molar-refractivity contribution in [2.75, 3.05) is 23.3 Å². The van der Waals surface area contributed by atoms with Crippen molar-refractivity contribution in [2.45, 2.75) is 67.0 Å². The van der Waals surface area contributed by atoms with Crippen LogP contribution in [0.2, 0.25) is 5.02 Å². The molecule has 1 fully saturated rings. The van der Waals surface area contributed by atoms with Gasteiger partial charge < -0.3 is 15.1 Å². The van der Waals surface area contributed by atoms with E-state index in [2.05, 4.69) is 21.9 Å². The molecule has 10 nitrogen and oxygen atoms in total. The van der Waals surface area contributed by atoms with Crippen LogP contribution in [0.15, 0.2) is 54.0 Å². The van der Waals surface area contributed by atoms with E-state index in [0.717, 1.165) is 5.56 Å². The summed E-state index contributed by atoms with van der Waals surface area (Å²) >= 11 is 6.90. The highest BCUT2D eigenvalue weighted by atomic mass is 35.5. The van der Waals surface area contributed by atoms with Gasteiger partial charge in [0.1, 0.15) is 11.6 Å². The lowest BCUT2D eigenvalue weighted by Gasteiger charge is -2.44. The molecule has 5 rings (SSSR count). The molecule has 0 spiro atoms. The number of hydrogen-bond acceptors (Lipinski definition) is 7. The molecule has 2 amide bonds. The van der Waals surface area contributed by atoms with E-state index in [9.17, 15) is 14.4 Å². The summed E-state index contributed by atoms with van der Waals surface area (Å²) in [6.07, 6.45) is 2.99. The Morgan fingerprint density at radius 1 is 1.15 bits per heavy atom. The van der Waals surface area contributed by atoms with Gasteiger partial charge >= 0.3 is 5.69 Å². The monoisotopic (exact) mass is 647 g/mol. The number of anilines is 2. The summed E-state index contributed by atoms with van der Waals surface area (Å²) in [4.78, 5) is 56.5. The predicted octanol–water partition coefficient (Wildman–Crippen LogP) is 6.27. The average molecular weight is 648 g/mol. The fourth-order valence-corrected chi connectivity index (χ4v) is 6.12. The van der Waals surface area contributed by atoms with E-state index in [4.69, 9.17) is 16.6 Å². The largest absolute Gasteiger partial charge is 0.355 e. The van der Waals surface area contributed by atoms with Crippen molar-refractivity contribution < 1.29 is 14.0 Å². The minimum atomic E-state index is -0.659. The maximum Gasteiger partial charge on any atom is 0.355 e. The van der Waals surface area contributed by atoms with Crippen molar-refractivity contribution in [1.29, 1.82) is 0 Å². The van der Waals surface area contributed by atoms with Crippen molar-refractivity contribution >= 4 is 46.0 Å². The van der Waals surface area contributed by atoms with E-state index in [-0.39, 0.29) is 58.9 Å². The molecule has 0 unspecified atom stereocenters. The van der Waals surface area contributed by atoms with Crippen LogP contribution in [-0.4, -0.2) is 61.4 Å². The fourth-order valence-electron chi connectivity index (χ4n) is 5.87. The first-order valence-corrected chi connectivity index (χ1v) is 15.1. The summed E-state index contributed by atoms with van der Waals surface area (Å²) in [7, 11) is 0. The van der Waals surface area contributed by atoms with Crippen LogP contribution in [0.4, 0.5) is 15.9 Å². The van der Waals surface area contributed by atoms with E-state index >= 15 is 4.39 Å². The van der Waals surface area contributed by atoms with Gasteiger partial charge in [-0.1, -0.05) is 51.6 Å². The summed E-state index contributed by atoms with van der Waals surface area (Å²) in [5, 5.41) is 3.20. The van der Waals surface area contributed by atoms with Gasteiger partial charge in [-0.15, -0.1) is 0 Å². The number of hydrogen-bond donors (Lipinski definition) is 1. The van der Waals surface area contributed by atoms with Crippen LogP contribution >= 0.6 is 11.6 Å². The molecule has 1 aromatic carbocycles. The van der Waals surface area contributed by atoms with Crippen LogP contribution in [0.3, 0.4) is 0 Å². The number of piperazine rings is 1. The summed E-state index contributed by atoms with van der Waals surface area (Å²) in [6.45, 7) is 15.4. The Balaban J connectivity index is 0.00000480. The third-order valence-electron chi connectivity index (χ3n) is 8.01. The molecule has 1 aliphatic rings. The van der Waals surface area contributed by atoms with Gasteiger partial charge in [-0.2, -0.15) is 4.98 Å². The SMILES string of the molecule is C.C=CC(=O)N1C[C@H](C)N(c2nc(=O)n(-c3c(C)ccnc3C(C)C)c3nc(-c4cccc(F)c4NC(C)=O)c(Cl)cc23)C[C@H]1C. The molecule has 12 heteroatoms. The van der Waals surface area contributed by atoms with Crippen molar-refractivity contribution in [3.05, 3.63) is 81.8 Å². The molecule has 46 heavy (non-hydrogen) atoms. The summed E-state index contributed by atoms with van der Waals surface area (Å²) < 4.78 is 16.5. The topological polar surface area (TPSA) is 113 Å². The number of nitrogens with one attached hydrogen (secondary N) is 1. The highest BCUT2D eigenvalue weighted by molar-refractivity contribution is 6.34. The molecule has 0 bridgehead atoms. The quantitative estimate of drug-likeness (QED) is 0.245. The lowest BCUT2D eigenvalue weighted by atomic mass is 10.0. The molecule has 0 radical (unpaired) electrons. The normalized spacial score (nSPS) is 16.4. The molecule has 1 saturated heterocycles. The van der Waals surface area contributed by atoms with Gasteiger partial charge in [-0.25, -0.2) is 18.7 Å². The number of amides is 2. The Morgan fingerprint density at radius 3 is 2.52 bits per heavy atom. The third kappa shape index (κ3) is 6.11. The van der Waals surface area contributed by atoms with E-state index in [1.165, 1.54) is 29.7 Å². The van der Waals surface area contributed by atoms with E-state index in [1.807, 2.05) is 45.6 Å². The molecule has 1 aliphatic heterocycles. The van der Waals surface area contributed by atoms with Crippen LogP contribution in [0.1, 0.15) is 59.2 Å². The van der Waals surface area contributed by atoms with Gasteiger partial charge in [0.2, 0.25) is 11.8 Å². The number of aryl methyl sites for hydroxylation is 1. The van der Waals surface area contributed by atoms with Gasteiger partial charge in [0.15, 0.2) is 5.65 Å². The Labute approximate surface area is 272 Å². The molecular formula is C34H39ClFN7O3. The summed E-state index contributed by atoms with van der Waals surface area (Å²) in [5.41, 5.74) is 2.02. The van der Waals surface area contributed by atoms with Gasteiger partial charge in [0.05, 0.1) is 33.2 Å². The number of halogens is 2. The number of rotatable bonds is 6. The van der Waals surface area contributed by atoms with Gasteiger partial charge in [0, 0.05) is 43.9 Å². The second kappa shape index (κ2) is 13.4. The molecule has 0 aliphatic carbocycles. The van der Waals surface area contributed by atoms with Gasteiger partial charge in [-0.05, 0) is 56.5 Å². The number of carbonyl (C=O) groups is 2. The highest BCUT2D eigenvalue weighted by Gasteiger charge is 2.34. The van der Waals surface area contributed by atoms with E-state index in [1.54, 1.807) is 23.2 Å². The third-order valence-corrected chi connectivity index (χ3v) is 8.30. The smallest absolute Gasteiger partial charge is 0.349 e. The molecule has 2 atom stereocenters. The van der Waals surface area contributed by atoms with E-state index < -0.39 is 17.4 Å². The lowest BCUT2D eigenvalue weighted by molar-refractivity contribution is -0.128. The number of carbonyl (C=O) groups excluding carboxylic acids is 2. The Morgan fingerprint density at radius 2 is 1.87 bits per heavy atom. The number of para-hydroxylation sites is 1. The second-order valence-electron chi connectivity index (χ2n) is 11.6. The Kier molecular flexibility index (Phi) is 9.96. The van der Waals surface area contributed by atoms with Crippen LogP contribution in [0.25, 0.3) is 28.0 Å².